The van der Waals surface area contributed by atoms with Gasteiger partial charge in [-0.15, -0.1) is 0 Å². The van der Waals surface area contributed by atoms with E-state index >= 15 is 0 Å². The van der Waals surface area contributed by atoms with E-state index in [2.05, 4.69) is 15.2 Å². The number of amides is 1. The minimum absolute atomic E-state index is 0.126. The van der Waals surface area contributed by atoms with E-state index < -0.39 is 0 Å². The van der Waals surface area contributed by atoms with Crippen molar-refractivity contribution in [1.82, 2.24) is 4.98 Å². The number of aromatic nitrogens is 1. The topological polar surface area (TPSA) is 45.2 Å². The smallest absolute Gasteiger partial charge is 0.275 e. The van der Waals surface area contributed by atoms with Gasteiger partial charge in [-0.3, -0.25) is 4.79 Å². The first-order chi connectivity index (χ1) is 11.6. The number of carbonyl (C=O) groups excluding carboxylic acids is 1. The molecule has 1 aliphatic rings. The summed E-state index contributed by atoms with van der Waals surface area (Å²) in [6, 6.07) is 11.0. The zero-order chi connectivity index (χ0) is 16.9. The van der Waals surface area contributed by atoms with Gasteiger partial charge in [0, 0.05) is 24.5 Å². The first kappa shape index (κ1) is 17.1. The molecule has 0 saturated carbocycles. The standard InChI is InChI=1S/C18H19Cl2N3O/c19-15-9-10-16(20)22-17(15)18(24)21-13-5-7-14(8-6-13)23-11-3-1-2-4-12-23/h5-10H,1-4,11-12H2,(H,21,24). The monoisotopic (exact) mass is 363 g/mol. The lowest BCUT2D eigenvalue weighted by atomic mass is 10.2. The Balaban J connectivity index is 1.69. The molecule has 4 nitrogen and oxygen atoms in total. The van der Waals surface area contributed by atoms with Crippen LogP contribution in [0.15, 0.2) is 36.4 Å². The number of rotatable bonds is 3. The Bertz CT molecular complexity index is 711. The zero-order valence-electron chi connectivity index (χ0n) is 13.3. The lowest BCUT2D eigenvalue weighted by Crippen LogP contribution is -2.23. The van der Waals surface area contributed by atoms with E-state index in [1.54, 1.807) is 12.1 Å². The number of nitrogens with zero attached hydrogens (tertiary/aromatic N) is 2. The number of nitrogens with one attached hydrogen (secondary N) is 1. The molecular weight excluding hydrogens is 345 g/mol. The van der Waals surface area contributed by atoms with Crippen LogP contribution in [0.2, 0.25) is 10.2 Å². The molecule has 1 aliphatic heterocycles. The third kappa shape index (κ3) is 4.19. The molecule has 1 saturated heterocycles. The summed E-state index contributed by atoms with van der Waals surface area (Å²) in [5.41, 5.74) is 2.02. The molecule has 2 aromatic rings. The summed E-state index contributed by atoms with van der Waals surface area (Å²) in [7, 11) is 0. The van der Waals surface area contributed by atoms with Gasteiger partial charge in [0.25, 0.3) is 5.91 Å². The Hall–Kier alpha value is -1.78. The van der Waals surface area contributed by atoms with E-state index in [9.17, 15) is 4.79 Å². The van der Waals surface area contributed by atoms with Gasteiger partial charge in [0.15, 0.2) is 0 Å². The third-order valence-electron chi connectivity index (χ3n) is 4.12. The van der Waals surface area contributed by atoms with Crippen LogP contribution in [-0.4, -0.2) is 24.0 Å². The van der Waals surface area contributed by atoms with Crippen molar-refractivity contribution in [1.29, 1.82) is 0 Å². The molecular formula is C18H19Cl2N3O. The van der Waals surface area contributed by atoms with Crippen LogP contribution >= 0.6 is 23.2 Å². The van der Waals surface area contributed by atoms with E-state index in [0.717, 1.165) is 13.1 Å². The lowest BCUT2D eigenvalue weighted by molar-refractivity contribution is 0.102. The Kier molecular flexibility index (Phi) is 5.59. The summed E-state index contributed by atoms with van der Waals surface area (Å²) in [5, 5.41) is 3.32. The summed E-state index contributed by atoms with van der Waals surface area (Å²) in [5.74, 6) is -0.370. The van der Waals surface area contributed by atoms with E-state index in [4.69, 9.17) is 23.2 Å². The molecule has 0 spiro atoms. The first-order valence-corrected chi connectivity index (χ1v) is 8.87. The third-order valence-corrected chi connectivity index (χ3v) is 4.64. The molecule has 0 aliphatic carbocycles. The average Bonchev–Trinajstić information content (AvgIpc) is 2.87. The number of benzene rings is 1. The largest absolute Gasteiger partial charge is 0.372 e. The summed E-state index contributed by atoms with van der Waals surface area (Å²) in [6.45, 7) is 2.18. The zero-order valence-corrected chi connectivity index (χ0v) is 14.8. The highest BCUT2D eigenvalue weighted by Crippen LogP contribution is 2.23. The molecule has 0 atom stereocenters. The molecule has 1 aromatic heterocycles. The van der Waals surface area contributed by atoms with Gasteiger partial charge >= 0.3 is 0 Å². The number of carbonyl (C=O) groups is 1. The predicted molar refractivity (Wildman–Crippen MR) is 99.3 cm³/mol. The van der Waals surface area contributed by atoms with E-state index in [1.165, 1.54) is 31.4 Å². The van der Waals surface area contributed by atoms with E-state index in [0.29, 0.717) is 5.69 Å². The summed E-state index contributed by atoms with van der Waals surface area (Å²) in [6.07, 6.45) is 5.07. The van der Waals surface area contributed by atoms with Gasteiger partial charge in [0.1, 0.15) is 10.8 Å². The molecule has 1 aromatic carbocycles. The van der Waals surface area contributed by atoms with E-state index in [1.807, 2.05) is 24.3 Å². The SMILES string of the molecule is O=C(Nc1ccc(N2CCCCCC2)cc1)c1nc(Cl)ccc1Cl. The highest BCUT2D eigenvalue weighted by atomic mass is 35.5. The molecule has 1 N–H and O–H groups in total. The maximum absolute atomic E-state index is 12.3. The van der Waals surface area contributed by atoms with Crippen LogP contribution in [0.25, 0.3) is 0 Å². The van der Waals surface area contributed by atoms with Crippen LogP contribution in [0.5, 0.6) is 0 Å². The molecule has 126 valence electrons. The second-order valence-corrected chi connectivity index (χ2v) is 6.66. The summed E-state index contributed by atoms with van der Waals surface area (Å²) in [4.78, 5) is 18.7. The highest BCUT2D eigenvalue weighted by molar-refractivity contribution is 6.35. The van der Waals surface area contributed by atoms with Gasteiger partial charge in [0.2, 0.25) is 0 Å². The Morgan fingerprint density at radius 2 is 1.62 bits per heavy atom. The van der Waals surface area contributed by atoms with Crippen molar-refractivity contribution < 1.29 is 4.79 Å². The molecule has 1 amide bonds. The van der Waals surface area contributed by atoms with Crippen LogP contribution < -0.4 is 10.2 Å². The minimum atomic E-state index is -0.370. The average molecular weight is 364 g/mol. The lowest BCUT2D eigenvalue weighted by Gasteiger charge is -2.22. The van der Waals surface area contributed by atoms with Crippen molar-refractivity contribution >= 4 is 40.5 Å². The van der Waals surface area contributed by atoms with Gasteiger partial charge in [-0.2, -0.15) is 0 Å². The quantitative estimate of drug-likeness (QED) is 0.778. The van der Waals surface area contributed by atoms with Gasteiger partial charge in [-0.1, -0.05) is 36.0 Å². The fourth-order valence-electron chi connectivity index (χ4n) is 2.85. The van der Waals surface area contributed by atoms with Crippen molar-refractivity contribution in [3.63, 3.8) is 0 Å². The van der Waals surface area contributed by atoms with Crippen molar-refractivity contribution in [3.8, 4) is 0 Å². The molecule has 6 heteroatoms. The van der Waals surface area contributed by atoms with Gasteiger partial charge in [-0.05, 0) is 49.2 Å². The fraction of sp³-hybridized carbons (Fsp3) is 0.333. The number of hydrogen-bond acceptors (Lipinski definition) is 3. The Morgan fingerprint density at radius 3 is 2.29 bits per heavy atom. The molecule has 2 heterocycles. The number of anilines is 2. The maximum Gasteiger partial charge on any atom is 0.275 e. The number of pyridine rings is 1. The number of halogens is 2. The molecule has 3 rings (SSSR count). The van der Waals surface area contributed by atoms with Crippen LogP contribution in [-0.2, 0) is 0 Å². The first-order valence-electron chi connectivity index (χ1n) is 8.12. The number of hydrogen-bond donors (Lipinski definition) is 1. The fourth-order valence-corrected chi connectivity index (χ4v) is 3.19. The highest BCUT2D eigenvalue weighted by Gasteiger charge is 2.14. The molecule has 0 unspecified atom stereocenters. The van der Waals surface area contributed by atoms with Crippen LogP contribution in [0.4, 0.5) is 11.4 Å². The van der Waals surface area contributed by atoms with Crippen LogP contribution in [0, 0.1) is 0 Å². The minimum Gasteiger partial charge on any atom is -0.372 e. The normalized spacial score (nSPS) is 15.0. The second kappa shape index (κ2) is 7.86. The Labute approximate surface area is 151 Å². The maximum atomic E-state index is 12.3. The molecule has 1 fully saturated rings. The summed E-state index contributed by atoms with van der Waals surface area (Å²) < 4.78 is 0. The van der Waals surface area contributed by atoms with Crippen molar-refractivity contribution in [2.45, 2.75) is 25.7 Å². The molecule has 0 radical (unpaired) electrons. The summed E-state index contributed by atoms with van der Waals surface area (Å²) >= 11 is 11.8. The van der Waals surface area contributed by atoms with Crippen LogP contribution in [0.1, 0.15) is 36.2 Å². The van der Waals surface area contributed by atoms with E-state index in [-0.39, 0.29) is 21.8 Å². The van der Waals surface area contributed by atoms with Crippen LogP contribution in [0.3, 0.4) is 0 Å². The van der Waals surface area contributed by atoms with Crippen molar-refractivity contribution in [2.75, 3.05) is 23.3 Å². The van der Waals surface area contributed by atoms with Crippen molar-refractivity contribution in [2.24, 2.45) is 0 Å². The van der Waals surface area contributed by atoms with Crippen molar-refractivity contribution in [3.05, 3.63) is 52.3 Å². The van der Waals surface area contributed by atoms with Gasteiger partial charge < -0.3 is 10.2 Å². The Morgan fingerprint density at radius 1 is 0.958 bits per heavy atom. The van der Waals surface area contributed by atoms with Gasteiger partial charge in [-0.25, -0.2) is 4.98 Å². The predicted octanol–water partition coefficient (Wildman–Crippen LogP) is 5.02. The van der Waals surface area contributed by atoms with Gasteiger partial charge in [0.05, 0.1) is 5.02 Å². The molecule has 0 bridgehead atoms. The molecule has 24 heavy (non-hydrogen) atoms. The second-order valence-electron chi connectivity index (χ2n) is 5.87.